The van der Waals surface area contributed by atoms with E-state index in [-0.39, 0.29) is 30.6 Å². The number of aryl methyl sites for hydroxylation is 2. The molecule has 1 saturated carbocycles. The number of benzene rings is 1. The second-order valence-corrected chi connectivity index (χ2v) is 8.62. The van der Waals surface area contributed by atoms with Crippen LogP contribution in [0.3, 0.4) is 0 Å². The van der Waals surface area contributed by atoms with Crippen molar-refractivity contribution in [3.63, 3.8) is 0 Å². The van der Waals surface area contributed by atoms with Crippen LogP contribution in [0.15, 0.2) is 33.8 Å². The van der Waals surface area contributed by atoms with Gasteiger partial charge in [0.25, 0.3) is 5.56 Å². The maximum Gasteiger partial charge on any atom is 0.278 e. The summed E-state index contributed by atoms with van der Waals surface area (Å²) >= 11 is 0. The summed E-state index contributed by atoms with van der Waals surface area (Å²) in [4.78, 5) is 35.2. The molecule has 1 N–H and O–H groups in total. The monoisotopic (exact) mass is 434 g/mol. The van der Waals surface area contributed by atoms with Crippen molar-refractivity contribution in [3.05, 3.63) is 52.2 Å². The zero-order chi connectivity index (χ0) is 22.2. The molecule has 9 heteroatoms. The van der Waals surface area contributed by atoms with Crippen molar-refractivity contribution in [2.24, 2.45) is 0 Å². The van der Waals surface area contributed by atoms with Crippen molar-refractivity contribution in [2.75, 3.05) is 0 Å². The van der Waals surface area contributed by atoms with Crippen molar-refractivity contribution >= 4 is 27.8 Å². The summed E-state index contributed by atoms with van der Waals surface area (Å²) < 4.78 is 8.40. The van der Waals surface area contributed by atoms with Crippen LogP contribution >= 0.6 is 0 Å². The van der Waals surface area contributed by atoms with E-state index < -0.39 is 0 Å². The lowest BCUT2D eigenvalue weighted by atomic mass is 9.95. The molecule has 0 saturated heterocycles. The molecular formula is C23H26N6O3. The molecule has 0 atom stereocenters. The summed E-state index contributed by atoms with van der Waals surface area (Å²) in [5.41, 5.74) is 2.64. The lowest BCUT2D eigenvalue weighted by Crippen LogP contribution is -2.38. The normalized spacial score (nSPS) is 14.9. The van der Waals surface area contributed by atoms with Crippen molar-refractivity contribution in [2.45, 2.75) is 65.1 Å². The van der Waals surface area contributed by atoms with E-state index in [9.17, 15) is 9.59 Å². The first-order valence-corrected chi connectivity index (χ1v) is 11.1. The Morgan fingerprint density at radius 1 is 1.22 bits per heavy atom. The number of hydrogen-bond donors (Lipinski definition) is 1. The number of fused-ring (bicyclic) bond motifs is 3. The summed E-state index contributed by atoms with van der Waals surface area (Å²) in [7, 11) is 0. The van der Waals surface area contributed by atoms with Crippen LogP contribution in [0, 0.1) is 13.8 Å². The molecule has 0 spiro atoms. The minimum absolute atomic E-state index is 0.0696. The highest BCUT2D eigenvalue weighted by Gasteiger charge is 2.21. The molecular weight excluding hydrogens is 408 g/mol. The SMILES string of the molecule is Cc1ccc2c(c1)c1ncn(Cc3nc(C)no3)c(=O)c1n2CC(=O)NC1CCCCC1. The summed E-state index contributed by atoms with van der Waals surface area (Å²) in [5.74, 6) is 0.754. The van der Waals surface area contributed by atoms with Crippen molar-refractivity contribution in [3.8, 4) is 0 Å². The van der Waals surface area contributed by atoms with Gasteiger partial charge in [0.2, 0.25) is 11.8 Å². The summed E-state index contributed by atoms with van der Waals surface area (Å²) in [6.45, 7) is 3.91. The van der Waals surface area contributed by atoms with E-state index in [1.807, 2.05) is 25.1 Å². The average Bonchev–Trinajstić information content (AvgIpc) is 3.32. The third-order valence-corrected chi connectivity index (χ3v) is 6.13. The van der Waals surface area contributed by atoms with E-state index in [2.05, 4.69) is 20.4 Å². The van der Waals surface area contributed by atoms with Crippen molar-refractivity contribution < 1.29 is 9.32 Å². The van der Waals surface area contributed by atoms with Gasteiger partial charge in [0.05, 0.1) is 11.8 Å². The van der Waals surface area contributed by atoms with E-state index in [1.54, 1.807) is 11.5 Å². The summed E-state index contributed by atoms with van der Waals surface area (Å²) in [6, 6.07) is 6.15. The highest BCUT2D eigenvalue weighted by molar-refractivity contribution is 6.06. The number of nitrogens with zero attached hydrogens (tertiary/aromatic N) is 5. The number of carbonyl (C=O) groups excluding carboxylic acids is 1. The van der Waals surface area contributed by atoms with E-state index >= 15 is 0 Å². The van der Waals surface area contributed by atoms with Gasteiger partial charge in [-0.3, -0.25) is 14.2 Å². The number of aromatic nitrogens is 5. The minimum atomic E-state index is -0.245. The fourth-order valence-electron chi connectivity index (χ4n) is 4.60. The molecule has 0 bridgehead atoms. The van der Waals surface area contributed by atoms with Crippen LogP contribution in [0.4, 0.5) is 0 Å². The predicted octanol–water partition coefficient (Wildman–Crippen LogP) is 2.85. The van der Waals surface area contributed by atoms with Gasteiger partial charge in [-0.15, -0.1) is 0 Å². The first-order chi connectivity index (χ1) is 15.5. The smallest absolute Gasteiger partial charge is 0.278 e. The van der Waals surface area contributed by atoms with Crippen LogP contribution in [0.5, 0.6) is 0 Å². The minimum Gasteiger partial charge on any atom is -0.352 e. The fraction of sp³-hybridized carbons (Fsp3) is 0.435. The van der Waals surface area contributed by atoms with E-state index in [1.165, 1.54) is 17.3 Å². The summed E-state index contributed by atoms with van der Waals surface area (Å²) in [5, 5.41) is 7.80. The van der Waals surface area contributed by atoms with Crippen LogP contribution in [0.2, 0.25) is 0 Å². The number of carbonyl (C=O) groups is 1. The first-order valence-electron chi connectivity index (χ1n) is 11.1. The Balaban J connectivity index is 1.57. The molecule has 0 radical (unpaired) electrons. The van der Waals surface area contributed by atoms with Crippen LogP contribution < -0.4 is 10.9 Å². The van der Waals surface area contributed by atoms with Crippen molar-refractivity contribution in [1.82, 2.24) is 29.6 Å². The Morgan fingerprint density at radius 2 is 2.03 bits per heavy atom. The Kier molecular flexibility index (Phi) is 5.24. The molecule has 1 aliphatic rings. The van der Waals surface area contributed by atoms with Gasteiger partial charge in [-0.2, -0.15) is 4.98 Å². The Labute approximate surface area is 184 Å². The number of rotatable bonds is 5. The summed E-state index contributed by atoms with van der Waals surface area (Å²) in [6.07, 6.45) is 7.03. The molecule has 3 heterocycles. The predicted molar refractivity (Wildman–Crippen MR) is 119 cm³/mol. The van der Waals surface area contributed by atoms with Gasteiger partial charge in [-0.1, -0.05) is 36.0 Å². The van der Waals surface area contributed by atoms with E-state index in [0.29, 0.717) is 22.7 Å². The molecule has 9 nitrogen and oxygen atoms in total. The molecule has 1 amide bonds. The Morgan fingerprint density at radius 3 is 2.78 bits per heavy atom. The van der Waals surface area contributed by atoms with Crippen LogP contribution in [-0.4, -0.2) is 36.2 Å². The van der Waals surface area contributed by atoms with E-state index in [4.69, 9.17) is 4.52 Å². The number of amides is 1. The average molecular weight is 435 g/mol. The van der Waals surface area contributed by atoms with Crippen LogP contribution in [0.1, 0.15) is 49.4 Å². The molecule has 3 aromatic heterocycles. The molecule has 1 aromatic carbocycles. The van der Waals surface area contributed by atoms with Gasteiger partial charge in [0.1, 0.15) is 24.1 Å². The fourth-order valence-corrected chi connectivity index (χ4v) is 4.60. The maximum atomic E-state index is 13.5. The first kappa shape index (κ1) is 20.4. The second kappa shape index (κ2) is 8.22. The molecule has 166 valence electrons. The van der Waals surface area contributed by atoms with Crippen molar-refractivity contribution in [1.29, 1.82) is 0 Å². The zero-order valence-corrected chi connectivity index (χ0v) is 18.3. The largest absolute Gasteiger partial charge is 0.352 e. The Hall–Kier alpha value is -3.49. The standard InChI is InChI=1S/C23H26N6O3/c1-14-8-9-18-17(10-14)21-22(29(18)11-19(30)26-16-6-4-3-5-7-16)23(31)28(13-24-21)12-20-25-15(2)27-32-20/h8-10,13,16H,3-7,11-12H2,1-2H3,(H,26,30). The third-order valence-electron chi connectivity index (χ3n) is 6.13. The molecule has 4 aromatic rings. The van der Waals surface area contributed by atoms with Gasteiger partial charge in [-0.25, -0.2) is 4.98 Å². The van der Waals surface area contributed by atoms with Gasteiger partial charge in [0.15, 0.2) is 5.82 Å². The van der Waals surface area contributed by atoms with Gasteiger partial charge < -0.3 is 14.4 Å². The molecule has 0 unspecified atom stereocenters. The molecule has 1 aliphatic carbocycles. The van der Waals surface area contributed by atoms with E-state index in [0.717, 1.165) is 42.1 Å². The molecule has 1 fully saturated rings. The topological polar surface area (TPSA) is 108 Å². The lowest BCUT2D eigenvalue weighted by molar-refractivity contribution is -0.122. The lowest BCUT2D eigenvalue weighted by Gasteiger charge is -2.23. The number of nitrogens with one attached hydrogen (secondary N) is 1. The quantitative estimate of drug-likeness (QED) is 0.517. The molecule has 0 aliphatic heterocycles. The van der Waals surface area contributed by atoms with Gasteiger partial charge in [-0.05, 0) is 38.8 Å². The highest BCUT2D eigenvalue weighted by Crippen LogP contribution is 2.26. The van der Waals surface area contributed by atoms with Gasteiger partial charge >= 0.3 is 0 Å². The maximum absolute atomic E-state index is 13.5. The molecule has 5 rings (SSSR count). The van der Waals surface area contributed by atoms with Gasteiger partial charge in [0, 0.05) is 11.4 Å². The number of hydrogen-bond acceptors (Lipinski definition) is 6. The highest BCUT2D eigenvalue weighted by atomic mass is 16.5. The molecule has 32 heavy (non-hydrogen) atoms. The van der Waals surface area contributed by atoms with Crippen LogP contribution in [0.25, 0.3) is 21.9 Å². The Bertz CT molecular complexity index is 1360. The van der Waals surface area contributed by atoms with Crippen LogP contribution in [-0.2, 0) is 17.9 Å². The third kappa shape index (κ3) is 3.79. The second-order valence-electron chi connectivity index (χ2n) is 8.62. The zero-order valence-electron chi connectivity index (χ0n) is 18.3.